The van der Waals surface area contributed by atoms with Crippen molar-refractivity contribution in [2.75, 3.05) is 12.8 Å². The van der Waals surface area contributed by atoms with Crippen LogP contribution < -0.4 is 10.5 Å². The third kappa shape index (κ3) is 3.34. The Morgan fingerprint density at radius 2 is 1.89 bits per heavy atom. The number of halogens is 1. The van der Waals surface area contributed by atoms with E-state index in [0.717, 1.165) is 21.4 Å². The smallest absolute Gasteiger partial charge is 0.134 e. The van der Waals surface area contributed by atoms with Crippen LogP contribution in [0.2, 0.25) is 5.02 Å². The van der Waals surface area contributed by atoms with Crippen molar-refractivity contribution in [2.24, 2.45) is 0 Å². The van der Waals surface area contributed by atoms with Gasteiger partial charge in [-0.25, -0.2) is 0 Å². The molecule has 0 saturated heterocycles. The maximum Gasteiger partial charge on any atom is 0.134 e. The van der Waals surface area contributed by atoms with Gasteiger partial charge in [0.1, 0.15) is 5.75 Å². The summed E-state index contributed by atoms with van der Waals surface area (Å²) in [7, 11) is 1.65. The van der Waals surface area contributed by atoms with Gasteiger partial charge in [-0.15, -0.1) is 11.8 Å². The summed E-state index contributed by atoms with van der Waals surface area (Å²) in [4.78, 5) is 1.08. The molecule has 4 heteroatoms. The maximum atomic E-state index is 5.85. The van der Waals surface area contributed by atoms with Gasteiger partial charge in [-0.2, -0.15) is 0 Å². The minimum absolute atomic E-state index is 0.711. The summed E-state index contributed by atoms with van der Waals surface area (Å²) < 4.78 is 5.31. The van der Waals surface area contributed by atoms with Crippen LogP contribution in [0.4, 0.5) is 5.69 Å². The summed E-state index contributed by atoms with van der Waals surface area (Å²) in [5.74, 6) is 1.69. The van der Waals surface area contributed by atoms with Gasteiger partial charge in [0, 0.05) is 27.4 Å². The van der Waals surface area contributed by atoms with Gasteiger partial charge in [-0.05, 0) is 29.8 Å². The number of benzene rings is 2. The molecule has 0 radical (unpaired) electrons. The molecule has 2 nitrogen and oxygen atoms in total. The Labute approximate surface area is 116 Å². The Bertz CT molecular complexity index is 528. The van der Waals surface area contributed by atoms with E-state index in [-0.39, 0.29) is 0 Å². The van der Waals surface area contributed by atoms with Crippen molar-refractivity contribution < 1.29 is 4.74 Å². The molecule has 94 valence electrons. The number of rotatable bonds is 4. The first-order chi connectivity index (χ1) is 8.69. The van der Waals surface area contributed by atoms with Gasteiger partial charge in [0.05, 0.1) is 7.11 Å². The van der Waals surface area contributed by atoms with Gasteiger partial charge in [0.25, 0.3) is 0 Å². The van der Waals surface area contributed by atoms with E-state index in [4.69, 9.17) is 22.1 Å². The number of ether oxygens (including phenoxy) is 1. The zero-order chi connectivity index (χ0) is 13.0. The van der Waals surface area contributed by atoms with E-state index in [1.807, 2.05) is 42.5 Å². The zero-order valence-electron chi connectivity index (χ0n) is 10.0. The van der Waals surface area contributed by atoms with Crippen molar-refractivity contribution in [2.45, 2.75) is 10.6 Å². The molecule has 0 saturated carbocycles. The molecule has 2 rings (SSSR count). The first kappa shape index (κ1) is 13.1. The number of hydrogen-bond donors (Lipinski definition) is 1. The molecule has 2 N–H and O–H groups in total. The minimum Gasteiger partial charge on any atom is -0.496 e. The molecule has 18 heavy (non-hydrogen) atoms. The van der Waals surface area contributed by atoms with E-state index in [2.05, 4.69) is 0 Å². The summed E-state index contributed by atoms with van der Waals surface area (Å²) in [5.41, 5.74) is 7.66. The molecule has 0 fully saturated rings. The van der Waals surface area contributed by atoms with Crippen LogP contribution in [0.25, 0.3) is 0 Å². The molecule has 0 unspecified atom stereocenters. The fraction of sp³-hybridized carbons (Fsp3) is 0.143. The lowest BCUT2D eigenvalue weighted by Crippen LogP contribution is -1.90. The highest BCUT2D eigenvalue weighted by molar-refractivity contribution is 7.98. The van der Waals surface area contributed by atoms with Crippen molar-refractivity contribution in [1.82, 2.24) is 0 Å². The molecule has 0 atom stereocenters. The molecular weight excluding hydrogens is 266 g/mol. The predicted octanol–water partition coefficient (Wildman–Crippen LogP) is 4.22. The van der Waals surface area contributed by atoms with Gasteiger partial charge in [0.2, 0.25) is 0 Å². The molecule has 0 aliphatic carbocycles. The van der Waals surface area contributed by atoms with Crippen LogP contribution in [0.15, 0.2) is 47.4 Å². The lowest BCUT2D eigenvalue weighted by atomic mass is 10.2. The van der Waals surface area contributed by atoms with Crippen LogP contribution in [0, 0.1) is 0 Å². The van der Waals surface area contributed by atoms with Crippen LogP contribution in [0.1, 0.15) is 5.56 Å². The molecule has 0 bridgehead atoms. The lowest BCUT2D eigenvalue weighted by Gasteiger charge is -2.09. The van der Waals surface area contributed by atoms with Crippen molar-refractivity contribution in [1.29, 1.82) is 0 Å². The summed E-state index contributed by atoms with van der Waals surface area (Å²) in [6.45, 7) is 0. The second-order valence-corrected chi connectivity index (χ2v) is 5.28. The van der Waals surface area contributed by atoms with Crippen LogP contribution in [0.3, 0.4) is 0 Å². The number of methoxy groups -OCH3 is 1. The number of thioether (sulfide) groups is 1. The Balaban J connectivity index is 2.08. The summed E-state index contributed by atoms with van der Waals surface area (Å²) in [6.07, 6.45) is 0. The molecule has 0 heterocycles. The van der Waals surface area contributed by atoms with Crippen LogP contribution in [-0.2, 0) is 5.75 Å². The average molecular weight is 280 g/mol. The highest BCUT2D eigenvalue weighted by atomic mass is 35.5. The SMILES string of the molecule is COc1cc(N)ccc1SCc1ccc(Cl)cc1. The van der Waals surface area contributed by atoms with Crippen LogP contribution in [0.5, 0.6) is 5.75 Å². The quantitative estimate of drug-likeness (QED) is 0.672. The van der Waals surface area contributed by atoms with Crippen molar-refractivity contribution in [3.8, 4) is 5.75 Å². The van der Waals surface area contributed by atoms with Gasteiger partial charge >= 0.3 is 0 Å². The molecule has 0 amide bonds. The van der Waals surface area contributed by atoms with Gasteiger partial charge in [-0.1, -0.05) is 23.7 Å². The largest absolute Gasteiger partial charge is 0.496 e. The Hall–Kier alpha value is -1.32. The number of nitrogens with two attached hydrogens (primary N) is 1. The number of anilines is 1. The molecule has 0 spiro atoms. The van der Waals surface area contributed by atoms with Crippen molar-refractivity contribution >= 4 is 29.1 Å². The van der Waals surface area contributed by atoms with E-state index in [1.165, 1.54) is 5.56 Å². The fourth-order valence-corrected chi connectivity index (χ4v) is 2.63. The second-order valence-electron chi connectivity index (χ2n) is 3.83. The average Bonchev–Trinajstić information content (AvgIpc) is 2.39. The maximum absolute atomic E-state index is 5.85. The van der Waals surface area contributed by atoms with E-state index in [1.54, 1.807) is 18.9 Å². The predicted molar refractivity (Wildman–Crippen MR) is 78.4 cm³/mol. The third-order valence-electron chi connectivity index (χ3n) is 2.50. The van der Waals surface area contributed by atoms with Gasteiger partial charge < -0.3 is 10.5 Å². The molecular formula is C14H14ClNOS. The Kier molecular flexibility index (Phi) is 4.39. The monoisotopic (exact) mass is 279 g/mol. The minimum atomic E-state index is 0.711. The first-order valence-electron chi connectivity index (χ1n) is 5.50. The molecule has 2 aromatic rings. The normalized spacial score (nSPS) is 10.3. The summed E-state index contributed by atoms with van der Waals surface area (Å²) >= 11 is 7.57. The molecule has 0 aliphatic heterocycles. The molecule has 2 aromatic carbocycles. The van der Waals surface area contributed by atoms with Gasteiger partial charge in [0.15, 0.2) is 0 Å². The highest BCUT2D eigenvalue weighted by Gasteiger charge is 2.04. The van der Waals surface area contributed by atoms with Crippen LogP contribution >= 0.6 is 23.4 Å². The first-order valence-corrected chi connectivity index (χ1v) is 6.86. The van der Waals surface area contributed by atoms with Gasteiger partial charge in [-0.3, -0.25) is 0 Å². The Morgan fingerprint density at radius 1 is 1.17 bits per heavy atom. The topological polar surface area (TPSA) is 35.2 Å². The highest BCUT2D eigenvalue weighted by Crippen LogP contribution is 2.33. The number of hydrogen-bond acceptors (Lipinski definition) is 3. The summed E-state index contributed by atoms with van der Waals surface area (Å²) in [6, 6.07) is 13.6. The van der Waals surface area contributed by atoms with E-state index < -0.39 is 0 Å². The zero-order valence-corrected chi connectivity index (χ0v) is 11.6. The van der Waals surface area contributed by atoms with Crippen molar-refractivity contribution in [3.63, 3.8) is 0 Å². The van der Waals surface area contributed by atoms with Crippen molar-refractivity contribution in [3.05, 3.63) is 53.1 Å². The lowest BCUT2D eigenvalue weighted by molar-refractivity contribution is 0.405. The molecule has 0 aromatic heterocycles. The van der Waals surface area contributed by atoms with E-state index in [0.29, 0.717) is 5.69 Å². The Morgan fingerprint density at radius 3 is 2.56 bits per heavy atom. The molecule has 0 aliphatic rings. The van der Waals surface area contributed by atoms with E-state index in [9.17, 15) is 0 Å². The number of nitrogen functional groups attached to an aromatic ring is 1. The summed E-state index contributed by atoms with van der Waals surface area (Å²) in [5, 5.41) is 0.758. The van der Waals surface area contributed by atoms with E-state index >= 15 is 0 Å². The third-order valence-corrected chi connectivity index (χ3v) is 3.87. The standard InChI is InChI=1S/C14H14ClNOS/c1-17-13-8-12(16)6-7-14(13)18-9-10-2-4-11(15)5-3-10/h2-8H,9,16H2,1H3. The van der Waals surface area contributed by atoms with Crippen LogP contribution in [-0.4, -0.2) is 7.11 Å². The fourth-order valence-electron chi connectivity index (χ4n) is 1.55. The second kappa shape index (κ2) is 6.03.